The normalized spacial score (nSPS) is 12.1. The Bertz CT molecular complexity index is 907. The van der Waals surface area contributed by atoms with E-state index in [0.29, 0.717) is 52.8 Å². The number of ketones is 1. The Morgan fingerprint density at radius 3 is 2.33 bits per heavy atom. The van der Waals surface area contributed by atoms with Crippen LogP contribution in [0.1, 0.15) is 49.5 Å². The molecule has 1 aliphatic carbocycles. The molecule has 0 atom stereocenters. The highest BCUT2D eigenvalue weighted by atomic mass is 16.5. The number of methoxy groups -OCH3 is 1. The van der Waals surface area contributed by atoms with Crippen LogP contribution in [0.2, 0.25) is 0 Å². The second-order valence-electron chi connectivity index (χ2n) is 7.33. The van der Waals surface area contributed by atoms with Gasteiger partial charge >= 0.3 is 0 Å². The monoisotopic (exact) mass is 412 g/mol. The van der Waals surface area contributed by atoms with Gasteiger partial charge in [-0.2, -0.15) is 0 Å². The predicted octanol–water partition coefficient (Wildman–Crippen LogP) is 4.39. The summed E-state index contributed by atoms with van der Waals surface area (Å²) in [6, 6.07) is 7.34. The van der Waals surface area contributed by atoms with Crippen LogP contribution in [0, 0.1) is 0 Å². The minimum Gasteiger partial charge on any atom is -0.494 e. The molecule has 0 saturated heterocycles. The summed E-state index contributed by atoms with van der Waals surface area (Å²) in [7, 11) is 1.54. The maximum Gasteiger partial charge on any atom is 0.196 e. The lowest BCUT2D eigenvalue weighted by Crippen LogP contribution is -2.28. The van der Waals surface area contributed by atoms with Crippen molar-refractivity contribution in [2.45, 2.75) is 33.6 Å². The van der Waals surface area contributed by atoms with Gasteiger partial charge < -0.3 is 24.8 Å². The molecule has 6 nitrogen and oxygen atoms in total. The van der Waals surface area contributed by atoms with E-state index in [1.165, 1.54) is 0 Å². The molecule has 0 unspecified atom stereocenters. The van der Waals surface area contributed by atoms with Crippen LogP contribution in [0.3, 0.4) is 0 Å². The van der Waals surface area contributed by atoms with Crippen molar-refractivity contribution in [1.29, 1.82) is 0 Å². The topological polar surface area (TPSA) is 74.0 Å². The highest BCUT2D eigenvalue weighted by Crippen LogP contribution is 2.51. The van der Waals surface area contributed by atoms with Gasteiger partial charge in [0.05, 0.1) is 25.0 Å². The average Bonchev–Trinajstić information content (AvgIpc) is 3.07. The number of nitrogens with zero attached hydrogens (tertiary/aromatic N) is 1. The highest BCUT2D eigenvalue weighted by Gasteiger charge is 2.36. The molecule has 0 bridgehead atoms. The third kappa shape index (κ3) is 4.10. The van der Waals surface area contributed by atoms with Gasteiger partial charge in [-0.15, -0.1) is 0 Å². The first-order valence-electron chi connectivity index (χ1n) is 10.7. The molecule has 1 aliphatic rings. The molecule has 30 heavy (non-hydrogen) atoms. The third-order valence-corrected chi connectivity index (χ3v) is 5.58. The number of likely N-dealkylation sites (N-methyl/N-ethyl adjacent to an activating group) is 1. The number of carbonyl (C=O) groups is 1. The van der Waals surface area contributed by atoms with Gasteiger partial charge in [-0.25, -0.2) is 0 Å². The fourth-order valence-electron chi connectivity index (χ4n) is 3.80. The molecule has 0 amide bonds. The van der Waals surface area contributed by atoms with Gasteiger partial charge in [-0.05, 0) is 25.6 Å². The number of hydrogen-bond donors (Lipinski definition) is 1. The van der Waals surface area contributed by atoms with Crippen molar-refractivity contribution < 1.29 is 19.0 Å². The van der Waals surface area contributed by atoms with E-state index in [4.69, 9.17) is 19.9 Å². The molecule has 0 saturated carbocycles. The van der Waals surface area contributed by atoms with Crippen LogP contribution in [-0.4, -0.2) is 50.6 Å². The van der Waals surface area contributed by atoms with Crippen LogP contribution in [-0.2, 0) is 0 Å². The van der Waals surface area contributed by atoms with Crippen molar-refractivity contribution >= 4 is 11.5 Å². The average molecular weight is 413 g/mol. The molecule has 6 heteroatoms. The van der Waals surface area contributed by atoms with Crippen molar-refractivity contribution in [2.24, 2.45) is 0 Å². The molecule has 2 aromatic rings. The third-order valence-electron chi connectivity index (χ3n) is 5.58. The lowest BCUT2D eigenvalue weighted by Gasteiger charge is -2.20. The molecule has 0 fully saturated rings. The number of nitrogen functional groups attached to an aromatic ring is 1. The van der Waals surface area contributed by atoms with E-state index in [-0.39, 0.29) is 5.78 Å². The Labute approximate surface area is 178 Å². The van der Waals surface area contributed by atoms with Gasteiger partial charge in [-0.1, -0.05) is 39.3 Å². The molecule has 2 aromatic carbocycles. The van der Waals surface area contributed by atoms with Crippen molar-refractivity contribution in [1.82, 2.24) is 4.90 Å². The smallest absolute Gasteiger partial charge is 0.196 e. The van der Waals surface area contributed by atoms with E-state index in [0.717, 1.165) is 38.0 Å². The molecule has 0 heterocycles. The number of unbranched alkanes of at least 4 members (excludes halogenated alkanes) is 1. The van der Waals surface area contributed by atoms with Crippen molar-refractivity contribution in [3.63, 3.8) is 0 Å². The van der Waals surface area contributed by atoms with Crippen LogP contribution in [0.25, 0.3) is 11.1 Å². The number of benzene rings is 2. The van der Waals surface area contributed by atoms with E-state index >= 15 is 0 Å². The number of ether oxygens (including phenoxy) is 3. The number of anilines is 1. The molecule has 0 radical (unpaired) electrons. The van der Waals surface area contributed by atoms with E-state index in [9.17, 15) is 4.79 Å². The fourth-order valence-corrected chi connectivity index (χ4v) is 3.80. The maximum atomic E-state index is 13.2. The first kappa shape index (κ1) is 22.0. The molecule has 0 spiro atoms. The van der Waals surface area contributed by atoms with Crippen molar-refractivity contribution in [2.75, 3.05) is 45.7 Å². The summed E-state index contributed by atoms with van der Waals surface area (Å²) in [6.45, 7) is 10.2. The van der Waals surface area contributed by atoms with E-state index in [1.807, 2.05) is 18.2 Å². The van der Waals surface area contributed by atoms with Gasteiger partial charge in [0, 0.05) is 29.3 Å². The van der Waals surface area contributed by atoms with Gasteiger partial charge in [0.1, 0.15) is 23.9 Å². The van der Waals surface area contributed by atoms with Crippen LogP contribution in [0.5, 0.6) is 17.2 Å². The molecular weight excluding hydrogens is 380 g/mol. The zero-order chi connectivity index (χ0) is 21.7. The van der Waals surface area contributed by atoms with E-state index in [1.54, 1.807) is 13.2 Å². The molecule has 3 rings (SSSR count). The maximum absolute atomic E-state index is 13.2. The second kappa shape index (κ2) is 9.85. The molecule has 0 aliphatic heterocycles. The SMILES string of the molecule is CCCCOc1cc(OC)c(N)c2c1-c1c(OCCN(CC)CC)cccc1C2=O. The Morgan fingerprint density at radius 1 is 0.933 bits per heavy atom. The van der Waals surface area contributed by atoms with Crippen LogP contribution < -0.4 is 19.9 Å². The minimum absolute atomic E-state index is 0.120. The first-order valence-corrected chi connectivity index (χ1v) is 10.7. The zero-order valence-electron chi connectivity index (χ0n) is 18.4. The van der Waals surface area contributed by atoms with Crippen molar-refractivity contribution in [3.8, 4) is 28.4 Å². The van der Waals surface area contributed by atoms with Crippen LogP contribution in [0.15, 0.2) is 24.3 Å². The summed E-state index contributed by atoms with van der Waals surface area (Å²) in [5.41, 5.74) is 9.16. The lowest BCUT2D eigenvalue weighted by atomic mass is 10.0. The summed E-state index contributed by atoms with van der Waals surface area (Å²) in [6.07, 6.45) is 1.94. The van der Waals surface area contributed by atoms with Crippen molar-refractivity contribution in [3.05, 3.63) is 35.4 Å². The van der Waals surface area contributed by atoms with E-state index < -0.39 is 0 Å². The number of hydrogen-bond acceptors (Lipinski definition) is 6. The summed E-state index contributed by atoms with van der Waals surface area (Å²) in [5.74, 6) is 1.62. The largest absolute Gasteiger partial charge is 0.494 e. The number of fused-ring (bicyclic) bond motifs is 3. The van der Waals surface area contributed by atoms with Crippen LogP contribution >= 0.6 is 0 Å². The number of rotatable bonds is 11. The lowest BCUT2D eigenvalue weighted by molar-refractivity contribution is 0.104. The summed E-state index contributed by atoms with van der Waals surface area (Å²) < 4.78 is 17.6. The summed E-state index contributed by atoms with van der Waals surface area (Å²) in [5, 5.41) is 0. The minimum atomic E-state index is -0.120. The summed E-state index contributed by atoms with van der Waals surface area (Å²) >= 11 is 0. The van der Waals surface area contributed by atoms with Gasteiger partial charge in [0.2, 0.25) is 0 Å². The number of nitrogens with two attached hydrogens (primary N) is 1. The van der Waals surface area contributed by atoms with Crippen LogP contribution in [0.4, 0.5) is 5.69 Å². The quantitative estimate of drug-likeness (QED) is 0.372. The predicted molar refractivity (Wildman–Crippen MR) is 120 cm³/mol. The van der Waals surface area contributed by atoms with E-state index in [2.05, 4.69) is 25.7 Å². The molecular formula is C24H32N2O4. The fraction of sp³-hybridized carbons (Fsp3) is 0.458. The molecule has 162 valence electrons. The first-order chi connectivity index (χ1) is 14.6. The summed E-state index contributed by atoms with van der Waals surface area (Å²) in [4.78, 5) is 15.5. The van der Waals surface area contributed by atoms with Gasteiger partial charge in [0.15, 0.2) is 5.78 Å². The Hall–Kier alpha value is -2.73. The molecule has 2 N–H and O–H groups in total. The Balaban J connectivity index is 2.03. The second-order valence-corrected chi connectivity index (χ2v) is 7.33. The highest BCUT2D eigenvalue weighted by molar-refractivity contribution is 6.26. The number of carbonyl (C=O) groups excluding carboxylic acids is 1. The Kier molecular flexibility index (Phi) is 7.21. The van der Waals surface area contributed by atoms with Gasteiger partial charge in [0.25, 0.3) is 0 Å². The zero-order valence-corrected chi connectivity index (χ0v) is 18.4. The standard InChI is InChI=1S/C24H32N2O4/c1-5-8-13-29-18-15-19(28-4)23(25)22-21(18)20-16(24(22)27)10-9-11-17(20)30-14-12-26(6-2)7-3/h9-11,15H,5-8,12-14,25H2,1-4H3. The molecule has 0 aromatic heterocycles. The Morgan fingerprint density at radius 2 is 1.67 bits per heavy atom. The van der Waals surface area contributed by atoms with Gasteiger partial charge in [-0.3, -0.25) is 4.79 Å².